The average Bonchev–Trinajstić information content (AvgIpc) is 2.74. The molecule has 1 unspecified atom stereocenters. The fraction of sp³-hybridized carbons (Fsp3) is 0.500. The molecule has 1 aromatic carbocycles. The quantitative estimate of drug-likeness (QED) is 0.782. The zero-order valence-electron chi connectivity index (χ0n) is 11.3. The molecule has 2 aromatic rings. The highest BCUT2D eigenvalue weighted by Gasteiger charge is 2.18. The van der Waals surface area contributed by atoms with Gasteiger partial charge in [-0.3, -0.25) is 0 Å². The number of hydrogen-bond acceptors (Lipinski definition) is 2. The number of imidazole rings is 1. The number of nitrogens with zero attached hydrogens (tertiary/aromatic N) is 2. The van der Waals surface area contributed by atoms with Gasteiger partial charge in [0.15, 0.2) is 0 Å². The van der Waals surface area contributed by atoms with Crippen LogP contribution in [-0.4, -0.2) is 16.7 Å². The van der Waals surface area contributed by atoms with Crippen molar-refractivity contribution >= 4 is 22.6 Å². The van der Waals surface area contributed by atoms with Crippen molar-refractivity contribution in [1.29, 1.82) is 0 Å². The smallest absolute Gasteiger partial charge is 0.125 e. The Morgan fingerprint density at radius 3 is 2.61 bits per heavy atom. The lowest BCUT2D eigenvalue weighted by Crippen LogP contribution is -2.13. The Morgan fingerprint density at radius 1 is 1.33 bits per heavy atom. The maximum Gasteiger partial charge on any atom is 0.125 e. The summed E-state index contributed by atoms with van der Waals surface area (Å²) in [6, 6.07) is 6.29. The zero-order chi connectivity index (χ0) is 13.3. The molecule has 18 heavy (non-hydrogen) atoms. The van der Waals surface area contributed by atoms with Gasteiger partial charge in [0.25, 0.3) is 0 Å². The van der Waals surface area contributed by atoms with E-state index in [-0.39, 0.29) is 0 Å². The Morgan fingerprint density at radius 2 is 2.06 bits per heavy atom. The second-order valence-corrected chi connectivity index (χ2v) is 5.14. The highest BCUT2D eigenvalue weighted by molar-refractivity contribution is 6.16. The van der Waals surface area contributed by atoms with Crippen LogP contribution in [0.2, 0.25) is 0 Å². The maximum absolute atomic E-state index is 6.01. The molecule has 98 valence electrons. The number of aromatic nitrogens is 2. The lowest BCUT2D eigenvalue weighted by atomic mass is 10.1. The van der Waals surface area contributed by atoms with Gasteiger partial charge in [-0.25, -0.2) is 4.98 Å². The molecule has 0 saturated carbocycles. The highest BCUT2D eigenvalue weighted by atomic mass is 35.5. The van der Waals surface area contributed by atoms with Crippen molar-refractivity contribution in [2.75, 3.05) is 7.11 Å². The van der Waals surface area contributed by atoms with Gasteiger partial charge in [0.05, 0.1) is 24.0 Å². The van der Waals surface area contributed by atoms with Crippen LogP contribution in [0.4, 0.5) is 0 Å². The molecule has 0 bridgehead atoms. The summed E-state index contributed by atoms with van der Waals surface area (Å²) in [4.78, 5) is 4.59. The number of hydrogen-bond donors (Lipinski definition) is 0. The van der Waals surface area contributed by atoms with E-state index in [0.29, 0.717) is 17.8 Å². The molecule has 1 heterocycles. The van der Waals surface area contributed by atoms with E-state index in [1.807, 2.05) is 18.2 Å². The van der Waals surface area contributed by atoms with Crippen molar-refractivity contribution in [3.05, 3.63) is 24.0 Å². The third-order valence-electron chi connectivity index (χ3n) is 3.46. The van der Waals surface area contributed by atoms with E-state index in [9.17, 15) is 0 Å². The number of methoxy groups -OCH3 is 1. The lowest BCUT2D eigenvalue weighted by molar-refractivity contribution is 0.405. The van der Waals surface area contributed by atoms with E-state index in [1.54, 1.807) is 7.11 Å². The van der Waals surface area contributed by atoms with Crippen molar-refractivity contribution in [3.8, 4) is 5.75 Å². The average molecular weight is 267 g/mol. The molecule has 0 spiro atoms. The van der Waals surface area contributed by atoms with Crippen LogP contribution in [0.25, 0.3) is 11.0 Å². The Bertz CT molecular complexity index is 548. The first-order valence-electron chi connectivity index (χ1n) is 6.19. The summed E-state index contributed by atoms with van der Waals surface area (Å²) in [5.41, 5.74) is 2.06. The number of ether oxygens (including phenoxy) is 1. The molecule has 1 aromatic heterocycles. The van der Waals surface area contributed by atoms with Crippen LogP contribution >= 0.6 is 11.6 Å². The second kappa shape index (κ2) is 5.19. The molecule has 0 aliphatic heterocycles. The van der Waals surface area contributed by atoms with Gasteiger partial charge >= 0.3 is 0 Å². The first-order chi connectivity index (χ1) is 8.58. The highest BCUT2D eigenvalue weighted by Crippen LogP contribution is 2.29. The summed E-state index contributed by atoms with van der Waals surface area (Å²) in [5, 5.41) is 0. The number of fused-ring (bicyclic) bond motifs is 1. The number of halogens is 1. The topological polar surface area (TPSA) is 27.1 Å². The second-order valence-electron chi connectivity index (χ2n) is 4.87. The molecule has 4 heteroatoms. The van der Waals surface area contributed by atoms with Crippen molar-refractivity contribution in [1.82, 2.24) is 9.55 Å². The molecule has 0 saturated heterocycles. The van der Waals surface area contributed by atoms with Gasteiger partial charge in [0, 0.05) is 12.1 Å². The molecule has 3 nitrogen and oxygen atoms in total. The van der Waals surface area contributed by atoms with Crippen molar-refractivity contribution in [2.24, 2.45) is 5.92 Å². The molecule has 2 rings (SSSR count). The van der Waals surface area contributed by atoms with Crippen LogP contribution in [0, 0.1) is 5.92 Å². The molecular formula is C14H19ClN2O. The third kappa shape index (κ3) is 2.19. The third-order valence-corrected chi connectivity index (χ3v) is 3.70. The fourth-order valence-electron chi connectivity index (χ4n) is 2.10. The van der Waals surface area contributed by atoms with Crippen molar-refractivity contribution < 1.29 is 4.74 Å². The van der Waals surface area contributed by atoms with Crippen LogP contribution in [-0.2, 0) is 5.88 Å². The molecule has 0 aliphatic rings. The predicted molar refractivity (Wildman–Crippen MR) is 75.4 cm³/mol. The standard InChI is InChI=1S/C14H19ClN2O/c1-9(2)10(3)17-13-7-11(18-4)5-6-12(13)16-14(17)8-15/h5-7,9-10H,8H2,1-4H3. The summed E-state index contributed by atoms with van der Waals surface area (Å²) in [6.07, 6.45) is 0. The molecule has 0 radical (unpaired) electrons. The van der Waals surface area contributed by atoms with Crippen LogP contribution in [0.3, 0.4) is 0 Å². The minimum Gasteiger partial charge on any atom is -0.497 e. The van der Waals surface area contributed by atoms with Crippen LogP contribution in [0.1, 0.15) is 32.6 Å². The number of benzene rings is 1. The normalized spacial score (nSPS) is 13.2. The summed E-state index contributed by atoms with van der Waals surface area (Å²) in [6.45, 7) is 6.60. The summed E-state index contributed by atoms with van der Waals surface area (Å²) in [5.74, 6) is 2.71. The van der Waals surface area contributed by atoms with Gasteiger partial charge in [-0.15, -0.1) is 11.6 Å². The predicted octanol–water partition coefficient (Wildman–Crippen LogP) is 4.00. The maximum atomic E-state index is 6.01. The van der Waals surface area contributed by atoms with Crippen LogP contribution < -0.4 is 4.74 Å². The van der Waals surface area contributed by atoms with E-state index in [0.717, 1.165) is 22.6 Å². The van der Waals surface area contributed by atoms with Gasteiger partial charge < -0.3 is 9.30 Å². The van der Waals surface area contributed by atoms with Crippen LogP contribution in [0.5, 0.6) is 5.75 Å². The summed E-state index contributed by atoms with van der Waals surface area (Å²) >= 11 is 6.01. The number of rotatable bonds is 4. The van der Waals surface area contributed by atoms with Gasteiger partial charge in [-0.2, -0.15) is 0 Å². The molecular weight excluding hydrogens is 248 g/mol. The van der Waals surface area contributed by atoms with Crippen molar-refractivity contribution in [3.63, 3.8) is 0 Å². The van der Waals surface area contributed by atoms with E-state index >= 15 is 0 Å². The first-order valence-corrected chi connectivity index (χ1v) is 6.72. The van der Waals surface area contributed by atoms with Gasteiger partial charge in [0.2, 0.25) is 0 Å². The van der Waals surface area contributed by atoms with E-state index < -0.39 is 0 Å². The molecule has 0 fully saturated rings. The van der Waals surface area contributed by atoms with E-state index in [4.69, 9.17) is 16.3 Å². The number of alkyl halides is 1. The first kappa shape index (κ1) is 13.2. The Kier molecular flexibility index (Phi) is 3.81. The minimum absolute atomic E-state index is 0.357. The van der Waals surface area contributed by atoms with Crippen molar-refractivity contribution in [2.45, 2.75) is 32.7 Å². The summed E-state index contributed by atoms with van der Waals surface area (Å²) in [7, 11) is 1.68. The monoisotopic (exact) mass is 266 g/mol. The van der Waals surface area contributed by atoms with Gasteiger partial charge in [-0.1, -0.05) is 13.8 Å². The SMILES string of the molecule is COc1ccc2nc(CCl)n(C(C)C(C)C)c2c1. The Balaban J connectivity index is 2.66. The summed E-state index contributed by atoms with van der Waals surface area (Å²) < 4.78 is 7.50. The zero-order valence-corrected chi connectivity index (χ0v) is 12.0. The Hall–Kier alpha value is -1.22. The van der Waals surface area contributed by atoms with Gasteiger partial charge in [0.1, 0.15) is 11.6 Å². The molecule has 0 amide bonds. The molecule has 1 atom stereocenters. The van der Waals surface area contributed by atoms with Crippen LogP contribution in [0.15, 0.2) is 18.2 Å². The fourth-order valence-corrected chi connectivity index (χ4v) is 2.29. The molecule has 0 N–H and O–H groups in total. The largest absolute Gasteiger partial charge is 0.497 e. The van der Waals surface area contributed by atoms with Gasteiger partial charge in [-0.05, 0) is 25.0 Å². The molecule has 0 aliphatic carbocycles. The van der Waals surface area contributed by atoms with E-state index in [1.165, 1.54) is 0 Å². The minimum atomic E-state index is 0.357. The Labute approximate surface area is 113 Å². The lowest BCUT2D eigenvalue weighted by Gasteiger charge is -2.20. The van der Waals surface area contributed by atoms with E-state index in [2.05, 4.69) is 30.3 Å².